The van der Waals surface area contributed by atoms with Gasteiger partial charge in [0.05, 0.1) is 11.4 Å². The number of fused-ring (bicyclic) bond motifs is 1. The minimum absolute atomic E-state index is 0.343. The lowest BCUT2D eigenvalue weighted by Crippen LogP contribution is -2.37. The molecule has 0 bridgehead atoms. The molecule has 92 valence electrons. The van der Waals surface area contributed by atoms with E-state index in [-0.39, 0.29) is 0 Å². The summed E-state index contributed by atoms with van der Waals surface area (Å²) in [6.45, 7) is 9.11. The third kappa shape index (κ3) is 2.13. The summed E-state index contributed by atoms with van der Waals surface area (Å²) in [7, 11) is 0. The van der Waals surface area contributed by atoms with Crippen LogP contribution in [-0.4, -0.2) is 19.1 Å². The zero-order chi connectivity index (χ0) is 12.0. The van der Waals surface area contributed by atoms with Crippen LogP contribution in [0.4, 0.5) is 11.4 Å². The molecule has 0 atom stereocenters. The molecule has 1 N–H and O–H groups in total. The fraction of sp³-hybridized carbons (Fsp3) is 0.600. The van der Waals surface area contributed by atoms with Crippen LogP contribution in [0, 0.1) is 12.3 Å². The van der Waals surface area contributed by atoms with Gasteiger partial charge in [-0.2, -0.15) is 0 Å². The quantitative estimate of drug-likeness (QED) is 0.795. The number of anilines is 2. The lowest BCUT2D eigenvalue weighted by atomic mass is 9.93. The van der Waals surface area contributed by atoms with Gasteiger partial charge in [0.1, 0.15) is 0 Å². The topological polar surface area (TPSA) is 15.3 Å². The minimum Gasteiger partial charge on any atom is -0.383 e. The molecular weight excluding hydrogens is 208 g/mol. The van der Waals surface area contributed by atoms with Gasteiger partial charge in [-0.3, -0.25) is 0 Å². The van der Waals surface area contributed by atoms with Crippen LogP contribution in [0.15, 0.2) is 18.2 Å². The molecule has 1 saturated carbocycles. The predicted molar refractivity (Wildman–Crippen MR) is 73.8 cm³/mol. The maximum atomic E-state index is 3.63. The van der Waals surface area contributed by atoms with Gasteiger partial charge in [-0.15, -0.1) is 0 Å². The van der Waals surface area contributed by atoms with Gasteiger partial charge in [0.2, 0.25) is 0 Å². The fourth-order valence-corrected chi connectivity index (χ4v) is 2.69. The van der Waals surface area contributed by atoms with Crippen LogP contribution in [0.1, 0.15) is 32.3 Å². The van der Waals surface area contributed by atoms with E-state index < -0.39 is 0 Å². The van der Waals surface area contributed by atoms with Crippen LogP contribution >= 0.6 is 0 Å². The predicted octanol–water partition coefficient (Wildman–Crippen LogP) is 3.42. The maximum Gasteiger partial charge on any atom is 0.0604 e. The van der Waals surface area contributed by atoms with E-state index in [1.165, 1.54) is 36.3 Å². The molecule has 0 radical (unpaired) electrons. The molecule has 2 aliphatic rings. The van der Waals surface area contributed by atoms with Crippen molar-refractivity contribution in [2.24, 2.45) is 5.41 Å². The fourth-order valence-electron chi connectivity index (χ4n) is 2.69. The van der Waals surface area contributed by atoms with Crippen LogP contribution in [0.3, 0.4) is 0 Å². The van der Waals surface area contributed by atoms with E-state index in [2.05, 4.69) is 49.2 Å². The number of rotatable bonds is 1. The molecule has 1 aromatic rings. The molecule has 1 aromatic carbocycles. The van der Waals surface area contributed by atoms with E-state index >= 15 is 0 Å². The van der Waals surface area contributed by atoms with Crippen molar-refractivity contribution < 1.29 is 0 Å². The molecule has 1 heterocycles. The Morgan fingerprint density at radius 3 is 2.76 bits per heavy atom. The summed E-state index contributed by atoms with van der Waals surface area (Å²) in [5.41, 5.74) is 4.41. The van der Waals surface area contributed by atoms with E-state index in [4.69, 9.17) is 0 Å². The molecule has 0 aromatic heterocycles. The second-order valence-electron chi connectivity index (χ2n) is 6.40. The highest BCUT2D eigenvalue weighted by Gasteiger charge is 2.36. The van der Waals surface area contributed by atoms with E-state index in [1.54, 1.807) is 0 Å². The van der Waals surface area contributed by atoms with E-state index in [9.17, 15) is 0 Å². The number of aryl methyl sites for hydroxylation is 1. The van der Waals surface area contributed by atoms with Gasteiger partial charge in [-0.25, -0.2) is 0 Å². The van der Waals surface area contributed by atoms with E-state index in [0.29, 0.717) is 5.41 Å². The van der Waals surface area contributed by atoms with Crippen molar-refractivity contribution in [3.05, 3.63) is 23.8 Å². The lowest BCUT2D eigenvalue weighted by Gasteiger charge is -2.31. The number of benzene rings is 1. The van der Waals surface area contributed by atoms with Crippen molar-refractivity contribution in [1.29, 1.82) is 0 Å². The Kier molecular flexibility index (Phi) is 2.35. The summed E-state index contributed by atoms with van der Waals surface area (Å²) in [4.78, 5) is 2.62. The minimum atomic E-state index is 0.343. The lowest BCUT2D eigenvalue weighted by molar-refractivity contribution is 0.394. The SMILES string of the molecule is Cc1ccc2c(c1)NCC(C)(C)CN2C1CC1. The molecule has 0 saturated heterocycles. The molecule has 0 spiro atoms. The molecule has 1 aliphatic carbocycles. The molecule has 1 fully saturated rings. The van der Waals surface area contributed by atoms with Crippen molar-refractivity contribution in [2.75, 3.05) is 23.3 Å². The highest BCUT2D eigenvalue weighted by atomic mass is 15.2. The monoisotopic (exact) mass is 230 g/mol. The van der Waals surface area contributed by atoms with Gasteiger partial charge >= 0.3 is 0 Å². The van der Waals surface area contributed by atoms with Gasteiger partial charge in [-0.1, -0.05) is 19.9 Å². The molecule has 1 aliphatic heterocycles. The Labute approximate surface area is 104 Å². The molecule has 0 unspecified atom stereocenters. The Morgan fingerprint density at radius 2 is 2.06 bits per heavy atom. The van der Waals surface area contributed by atoms with Crippen LogP contribution in [-0.2, 0) is 0 Å². The van der Waals surface area contributed by atoms with Crippen LogP contribution in [0.25, 0.3) is 0 Å². The van der Waals surface area contributed by atoms with Gasteiger partial charge in [0.15, 0.2) is 0 Å². The molecule has 17 heavy (non-hydrogen) atoms. The first-order valence-corrected chi connectivity index (χ1v) is 6.66. The van der Waals surface area contributed by atoms with E-state index in [0.717, 1.165) is 12.6 Å². The average Bonchev–Trinajstić information content (AvgIpc) is 3.07. The Bertz CT molecular complexity index is 433. The summed E-state index contributed by atoms with van der Waals surface area (Å²) in [6.07, 6.45) is 2.73. The Morgan fingerprint density at radius 1 is 1.29 bits per heavy atom. The van der Waals surface area contributed by atoms with Gasteiger partial charge in [0, 0.05) is 19.1 Å². The maximum absolute atomic E-state index is 3.63. The zero-order valence-electron chi connectivity index (χ0n) is 11.1. The molecule has 2 heteroatoms. The first-order chi connectivity index (χ1) is 8.05. The molecule has 3 rings (SSSR count). The summed E-state index contributed by atoms with van der Waals surface area (Å²) < 4.78 is 0. The van der Waals surface area contributed by atoms with Gasteiger partial charge < -0.3 is 10.2 Å². The van der Waals surface area contributed by atoms with Crippen molar-refractivity contribution in [3.63, 3.8) is 0 Å². The van der Waals surface area contributed by atoms with Crippen LogP contribution in [0.2, 0.25) is 0 Å². The molecular formula is C15H22N2. The Hall–Kier alpha value is -1.18. The highest BCUT2D eigenvalue weighted by molar-refractivity contribution is 5.72. The first kappa shape index (κ1) is 10.9. The third-order valence-electron chi connectivity index (χ3n) is 3.80. The number of nitrogens with one attached hydrogen (secondary N) is 1. The van der Waals surface area contributed by atoms with Crippen LogP contribution in [0.5, 0.6) is 0 Å². The zero-order valence-corrected chi connectivity index (χ0v) is 11.1. The van der Waals surface area contributed by atoms with E-state index in [1.807, 2.05) is 0 Å². The summed E-state index contributed by atoms with van der Waals surface area (Å²) in [5.74, 6) is 0. The third-order valence-corrected chi connectivity index (χ3v) is 3.80. The normalized spacial score (nSPS) is 22.6. The average molecular weight is 230 g/mol. The number of hydrogen-bond acceptors (Lipinski definition) is 2. The van der Waals surface area contributed by atoms with Gasteiger partial charge in [0.25, 0.3) is 0 Å². The smallest absolute Gasteiger partial charge is 0.0604 e. The van der Waals surface area contributed by atoms with Crippen molar-refractivity contribution in [1.82, 2.24) is 0 Å². The second kappa shape index (κ2) is 3.66. The second-order valence-corrected chi connectivity index (χ2v) is 6.40. The van der Waals surface area contributed by atoms with Crippen molar-refractivity contribution in [3.8, 4) is 0 Å². The number of nitrogens with zero attached hydrogens (tertiary/aromatic N) is 1. The summed E-state index contributed by atoms with van der Waals surface area (Å²) >= 11 is 0. The highest BCUT2D eigenvalue weighted by Crippen LogP contribution is 2.40. The first-order valence-electron chi connectivity index (χ1n) is 6.66. The Balaban J connectivity index is 2.01. The van der Waals surface area contributed by atoms with Gasteiger partial charge in [-0.05, 0) is 42.9 Å². The summed E-state index contributed by atoms with van der Waals surface area (Å²) in [6, 6.07) is 7.59. The molecule has 2 nitrogen and oxygen atoms in total. The summed E-state index contributed by atoms with van der Waals surface area (Å²) in [5, 5.41) is 3.63. The van der Waals surface area contributed by atoms with Crippen molar-refractivity contribution in [2.45, 2.75) is 39.7 Å². The van der Waals surface area contributed by atoms with Crippen molar-refractivity contribution >= 4 is 11.4 Å². The largest absolute Gasteiger partial charge is 0.383 e. The molecule has 0 amide bonds. The number of hydrogen-bond donors (Lipinski definition) is 1. The van der Waals surface area contributed by atoms with Crippen LogP contribution < -0.4 is 10.2 Å². The standard InChI is InChI=1S/C15H22N2/c1-11-4-7-14-13(8-11)16-9-15(2,3)10-17(14)12-5-6-12/h4,7-8,12,16H,5-6,9-10H2,1-3H3.